The number of benzene rings is 2. The van der Waals surface area contributed by atoms with Gasteiger partial charge in [0, 0.05) is 10.5 Å². The Labute approximate surface area is 143 Å². The fraction of sp³-hybridized carbons (Fsp3) is 0.167. The molecule has 23 heavy (non-hydrogen) atoms. The van der Waals surface area contributed by atoms with Crippen LogP contribution in [0.1, 0.15) is 24.1 Å². The van der Waals surface area contributed by atoms with E-state index in [-0.39, 0.29) is 18.7 Å². The highest BCUT2D eigenvalue weighted by atomic mass is 79.9. The van der Waals surface area contributed by atoms with Crippen molar-refractivity contribution < 1.29 is 14.3 Å². The summed E-state index contributed by atoms with van der Waals surface area (Å²) in [6.45, 7) is 2.20. The first-order valence-electron chi connectivity index (χ1n) is 7.25. The number of carbonyl (C=O) groups excluding carboxylic acids is 1. The van der Waals surface area contributed by atoms with Crippen molar-refractivity contribution in [2.24, 2.45) is 0 Å². The summed E-state index contributed by atoms with van der Waals surface area (Å²) in [6, 6.07) is 13.4. The maximum Gasteiger partial charge on any atom is 0.244 e. The van der Waals surface area contributed by atoms with Crippen molar-refractivity contribution >= 4 is 27.9 Å². The van der Waals surface area contributed by atoms with Crippen LogP contribution >= 0.6 is 15.9 Å². The van der Waals surface area contributed by atoms with E-state index in [9.17, 15) is 4.79 Å². The van der Waals surface area contributed by atoms with Gasteiger partial charge in [0.2, 0.25) is 12.7 Å². The maximum absolute atomic E-state index is 12.0. The van der Waals surface area contributed by atoms with E-state index >= 15 is 0 Å². The second-order valence-electron chi connectivity index (χ2n) is 5.23. The lowest BCUT2D eigenvalue weighted by Crippen LogP contribution is -2.24. The van der Waals surface area contributed by atoms with Crippen LogP contribution in [0.3, 0.4) is 0 Å². The van der Waals surface area contributed by atoms with Crippen LogP contribution in [0.2, 0.25) is 0 Å². The number of rotatable bonds is 4. The molecule has 5 heteroatoms. The highest BCUT2D eigenvalue weighted by Gasteiger charge is 2.12. The molecule has 0 aliphatic carbocycles. The third-order valence-electron chi connectivity index (χ3n) is 3.55. The predicted molar refractivity (Wildman–Crippen MR) is 92.3 cm³/mol. The first-order chi connectivity index (χ1) is 11.1. The molecular weight excluding hydrogens is 358 g/mol. The quantitative estimate of drug-likeness (QED) is 0.821. The Bertz CT molecular complexity index is 740. The largest absolute Gasteiger partial charge is 0.454 e. The van der Waals surface area contributed by atoms with Gasteiger partial charge in [-0.2, -0.15) is 0 Å². The van der Waals surface area contributed by atoms with Gasteiger partial charge < -0.3 is 14.8 Å². The van der Waals surface area contributed by atoms with Crippen LogP contribution in [0.15, 0.2) is 53.0 Å². The van der Waals surface area contributed by atoms with Crippen LogP contribution in [0, 0.1) is 0 Å². The van der Waals surface area contributed by atoms with Gasteiger partial charge in [0.15, 0.2) is 11.5 Å². The van der Waals surface area contributed by atoms with Gasteiger partial charge in [-0.15, -0.1) is 0 Å². The Hall–Kier alpha value is -2.27. The van der Waals surface area contributed by atoms with E-state index in [1.165, 1.54) is 6.08 Å². The molecule has 1 aliphatic heterocycles. The number of fused-ring (bicyclic) bond motifs is 1. The first kappa shape index (κ1) is 15.6. The monoisotopic (exact) mass is 373 g/mol. The molecule has 118 valence electrons. The van der Waals surface area contributed by atoms with E-state index in [2.05, 4.69) is 21.2 Å². The van der Waals surface area contributed by atoms with Crippen LogP contribution in [0.25, 0.3) is 6.08 Å². The summed E-state index contributed by atoms with van der Waals surface area (Å²) in [7, 11) is 0. The molecule has 1 aliphatic rings. The lowest BCUT2D eigenvalue weighted by atomic mass is 10.1. The molecule has 1 atom stereocenters. The van der Waals surface area contributed by atoms with Gasteiger partial charge in [-0.25, -0.2) is 0 Å². The fourth-order valence-electron chi connectivity index (χ4n) is 2.29. The number of hydrogen-bond acceptors (Lipinski definition) is 3. The standard InChI is InChI=1S/C18H16BrNO3/c1-12(14-4-6-15(19)7-5-14)20-18(21)9-3-13-2-8-16-17(10-13)23-11-22-16/h2-10,12H,11H2,1H3,(H,20,21)/b9-3+/t12-/m0/s1. The van der Waals surface area contributed by atoms with Crippen molar-refractivity contribution in [1.82, 2.24) is 5.32 Å². The third-order valence-corrected chi connectivity index (χ3v) is 4.08. The second-order valence-corrected chi connectivity index (χ2v) is 6.14. The topological polar surface area (TPSA) is 47.6 Å². The van der Waals surface area contributed by atoms with Crippen molar-refractivity contribution in [3.05, 3.63) is 64.1 Å². The van der Waals surface area contributed by atoms with Crippen LogP contribution < -0.4 is 14.8 Å². The van der Waals surface area contributed by atoms with Gasteiger partial charge in [-0.05, 0) is 48.4 Å². The molecule has 3 rings (SSSR count). The Morgan fingerprint density at radius 1 is 1.17 bits per heavy atom. The SMILES string of the molecule is C[C@H](NC(=O)/C=C/c1ccc2c(c1)OCO2)c1ccc(Br)cc1. The van der Waals surface area contributed by atoms with Gasteiger partial charge in [0.05, 0.1) is 6.04 Å². The molecule has 4 nitrogen and oxygen atoms in total. The molecule has 0 saturated heterocycles. The van der Waals surface area contributed by atoms with Gasteiger partial charge in [-0.3, -0.25) is 4.79 Å². The van der Waals surface area contributed by atoms with E-state index in [1.54, 1.807) is 6.08 Å². The molecular formula is C18H16BrNO3. The molecule has 1 N–H and O–H groups in total. The van der Waals surface area contributed by atoms with Crippen molar-refractivity contribution in [3.8, 4) is 11.5 Å². The minimum absolute atomic E-state index is 0.0583. The number of ether oxygens (including phenoxy) is 2. The minimum Gasteiger partial charge on any atom is -0.454 e. The third kappa shape index (κ3) is 3.93. The van der Waals surface area contributed by atoms with Crippen LogP contribution in [-0.2, 0) is 4.79 Å². The molecule has 0 saturated carbocycles. The van der Waals surface area contributed by atoms with Crippen LogP contribution in [0.4, 0.5) is 0 Å². The van der Waals surface area contributed by atoms with Crippen molar-refractivity contribution in [1.29, 1.82) is 0 Å². The Morgan fingerprint density at radius 2 is 1.91 bits per heavy atom. The molecule has 0 unspecified atom stereocenters. The lowest BCUT2D eigenvalue weighted by Gasteiger charge is -2.12. The zero-order chi connectivity index (χ0) is 16.2. The number of carbonyl (C=O) groups is 1. The molecule has 2 aromatic rings. The Kier molecular flexibility index (Phi) is 4.67. The molecule has 1 heterocycles. The summed E-state index contributed by atoms with van der Waals surface area (Å²) >= 11 is 3.40. The van der Waals surface area contributed by atoms with E-state index in [1.807, 2.05) is 49.4 Å². The summed E-state index contributed by atoms with van der Waals surface area (Å²) in [5.41, 5.74) is 1.94. The molecule has 1 amide bonds. The van der Waals surface area contributed by atoms with E-state index < -0.39 is 0 Å². The van der Waals surface area contributed by atoms with Gasteiger partial charge in [-0.1, -0.05) is 34.1 Å². The fourth-order valence-corrected chi connectivity index (χ4v) is 2.55. The summed E-state index contributed by atoms with van der Waals surface area (Å²) < 4.78 is 11.6. The second kappa shape index (κ2) is 6.87. The average Bonchev–Trinajstić information content (AvgIpc) is 3.01. The van der Waals surface area contributed by atoms with E-state index in [4.69, 9.17) is 9.47 Å². The molecule has 2 aromatic carbocycles. The summed E-state index contributed by atoms with van der Waals surface area (Å²) in [6.07, 6.45) is 3.28. The smallest absolute Gasteiger partial charge is 0.244 e. The minimum atomic E-state index is -0.141. The molecule has 0 radical (unpaired) electrons. The van der Waals surface area contributed by atoms with Crippen LogP contribution in [0.5, 0.6) is 11.5 Å². The highest BCUT2D eigenvalue weighted by Crippen LogP contribution is 2.32. The Morgan fingerprint density at radius 3 is 2.70 bits per heavy atom. The molecule has 0 aromatic heterocycles. The zero-order valence-corrected chi connectivity index (χ0v) is 14.2. The molecule has 0 spiro atoms. The van der Waals surface area contributed by atoms with Gasteiger partial charge >= 0.3 is 0 Å². The number of amides is 1. The maximum atomic E-state index is 12.0. The Balaban J connectivity index is 1.61. The average molecular weight is 374 g/mol. The van der Waals surface area contributed by atoms with Gasteiger partial charge in [0.1, 0.15) is 0 Å². The first-order valence-corrected chi connectivity index (χ1v) is 8.05. The van der Waals surface area contributed by atoms with Crippen molar-refractivity contribution in [2.75, 3.05) is 6.79 Å². The highest BCUT2D eigenvalue weighted by molar-refractivity contribution is 9.10. The predicted octanol–water partition coefficient (Wildman–Crippen LogP) is 4.07. The summed E-state index contributed by atoms with van der Waals surface area (Å²) in [5.74, 6) is 1.30. The lowest BCUT2D eigenvalue weighted by molar-refractivity contribution is -0.117. The molecule has 0 fully saturated rings. The van der Waals surface area contributed by atoms with E-state index in [0.717, 1.165) is 21.3 Å². The normalized spacial score (nSPS) is 14.0. The number of hydrogen-bond donors (Lipinski definition) is 1. The number of nitrogens with one attached hydrogen (secondary N) is 1. The van der Waals surface area contributed by atoms with E-state index in [0.29, 0.717) is 5.75 Å². The van der Waals surface area contributed by atoms with Gasteiger partial charge in [0.25, 0.3) is 0 Å². The van der Waals surface area contributed by atoms with Crippen molar-refractivity contribution in [2.45, 2.75) is 13.0 Å². The zero-order valence-electron chi connectivity index (χ0n) is 12.6. The van der Waals surface area contributed by atoms with Crippen LogP contribution in [-0.4, -0.2) is 12.7 Å². The summed E-state index contributed by atoms with van der Waals surface area (Å²) in [5, 5.41) is 2.94. The van der Waals surface area contributed by atoms with Crippen molar-refractivity contribution in [3.63, 3.8) is 0 Å². The summed E-state index contributed by atoms with van der Waals surface area (Å²) in [4.78, 5) is 12.0. The number of halogens is 1. The molecule has 0 bridgehead atoms.